The molecule has 1 rings (SSSR count). The maximum Gasteiger partial charge on any atom is 0.149 e. The molecule has 6 heteroatoms. The van der Waals surface area contributed by atoms with E-state index in [0.717, 1.165) is 5.56 Å². The molecule has 0 amide bonds. The third-order valence-corrected chi connectivity index (χ3v) is 2.76. The number of halogens is 1. The first kappa shape index (κ1) is 10.5. The van der Waals surface area contributed by atoms with Crippen molar-refractivity contribution in [2.45, 2.75) is 12.4 Å². The molecule has 0 unspecified atom stereocenters. The lowest BCUT2D eigenvalue weighted by molar-refractivity contribution is 0.586. The molecule has 1 heterocycles. The first-order valence-corrected chi connectivity index (χ1v) is 6.36. The highest BCUT2D eigenvalue weighted by molar-refractivity contribution is 7.90. The van der Waals surface area contributed by atoms with Crippen LogP contribution in [0.4, 0.5) is 0 Å². The van der Waals surface area contributed by atoms with Gasteiger partial charge in [0, 0.05) is 18.0 Å². The Labute approximate surface area is 82.4 Å². The van der Waals surface area contributed by atoms with Gasteiger partial charge < -0.3 is 0 Å². The molecule has 13 heavy (non-hydrogen) atoms. The fourth-order valence-electron chi connectivity index (χ4n) is 0.857. The van der Waals surface area contributed by atoms with Crippen molar-refractivity contribution in [2.24, 2.45) is 0 Å². The summed E-state index contributed by atoms with van der Waals surface area (Å²) < 4.78 is 23.2. The van der Waals surface area contributed by atoms with Crippen LogP contribution in [0.3, 0.4) is 0 Å². The van der Waals surface area contributed by atoms with Gasteiger partial charge in [-0.25, -0.2) is 8.42 Å². The number of nitrogens with zero attached hydrogens (tertiary/aromatic N) is 2. The largest absolute Gasteiger partial charge is 0.271 e. The third kappa shape index (κ3) is 3.78. The van der Waals surface area contributed by atoms with Gasteiger partial charge in [-0.15, -0.1) is 11.6 Å². The van der Waals surface area contributed by atoms with Gasteiger partial charge in [-0.2, -0.15) is 5.10 Å². The van der Waals surface area contributed by atoms with Crippen molar-refractivity contribution < 1.29 is 8.42 Å². The molecular weight excluding hydrogens is 212 g/mol. The Bertz CT molecular complexity index is 372. The molecular formula is C7H11ClN2O2S. The monoisotopic (exact) mass is 222 g/mol. The van der Waals surface area contributed by atoms with Gasteiger partial charge in [-0.05, 0) is 0 Å². The standard InChI is InChI=1S/C7H11ClN2O2S/c1-13(11,12)3-2-10-6-7(4-8)5-9-10/h5-6H,2-4H2,1H3. The zero-order chi connectivity index (χ0) is 9.90. The van der Waals surface area contributed by atoms with E-state index in [-0.39, 0.29) is 5.75 Å². The lowest BCUT2D eigenvalue weighted by Gasteiger charge is -1.98. The summed E-state index contributed by atoms with van der Waals surface area (Å²) in [7, 11) is -2.91. The number of aryl methyl sites for hydroxylation is 1. The van der Waals surface area contributed by atoms with Crippen molar-refractivity contribution in [3.63, 3.8) is 0 Å². The van der Waals surface area contributed by atoms with Crippen LogP contribution in [0, 0.1) is 0 Å². The summed E-state index contributed by atoms with van der Waals surface area (Å²) in [6.45, 7) is 0.385. The highest BCUT2D eigenvalue weighted by Gasteiger charge is 2.03. The quantitative estimate of drug-likeness (QED) is 0.704. The molecule has 0 aliphatic carbocycles. The van der Waals surface area contributed by atoms with E-state index >= 15 is 0 Å². The van der Waals surface area contributed by atoms with Crippen LogP contribution in [0.15, 0.2) is 12.4 Å². The molecule has 0 saturated carbocycles. The van der Waals surface area contributed by atoms with Gasteiger partial charge in [-0.1, -0.05) is 0 Å². The molecule has 4 nitrogen and oxygen atoms in total. The predicted octanol–water partition coefficient (Wildman–Crippen LogP) is 0.666. The Balaban J connectivity index is 2.55. The first-order valence-electron chi connectivity index (χ1n) is 3.76. The fraction of sp³-hybridized carbons (Fsp3) is 0.571. The van der Waals surface area contributed by atoms with Crippen LogP contribution in [0.25, 0.3) is 0 Å². The van der Waals surface area contributed by atoms with Crippen molar-refractivity contribution in [1.82, 2.24) is 9.78 Å². The van der Waals surface area contributed by atoms with E-state index in [0.29, 0.717) is 12.4 Å². The summed E-state index contributed by atoms with van der Waals surface area (Å²) in [5.41, 5.74) is 0.898. The maximum atomic E-state index is 10.8. The van der Waals surface area contributed by atoms with Crippen molar-refractivity contribution in [3.05, 3.63) is 18.0 Å². The van der Waals surface area contributed by atoms with E-state index in [2.05, 4.69) is 5.10 Å². The summed E-state index contributed by atoms with van der Waals surface area (Å²) in [5, 5.41) is 3.96. The average Bonchev–Trinajstić information content (AvgIpc) is 2.47. The molecule has 1 aromatic rings. The fourth-order valence-corrected chi connectivity index (χ4v) is 1.51. The van der Waals surface area contributed by atoms with Gasteiger partial charge in [0.1, 0.15) is 9.84 Å². The van der Waals surface area contributed by atoms with Gasteiger partial charge in [-0.3, -0.25) is 4.68 Å². The van der Waals surface area contributed by atoms with Gasteiger partial charge >= 0.3 is 0 Å². The highest BCUT2D eigenvalue weighted by Crippen LogP contribution is 2.01. The second-order valence-corrected chi connectivity index (χ2v) is 5.40. The summed E-state index contributed by atoms with van der Waals surface area (Å²) in [6, 6.07) is 0. The van der Waals surface area contributed by atoms with Gasteiger partial charge in [0.05, 0.1) is 24.4 Å². The zero-order valence-electron chi connectivity index (χ0n) is 7.27. The topological polar surface area (TPSA) is 52.0 Å². The molecule has 0 bridgehead atoms. The molecule has 0 aliphatic rings. The Hall–Kier alpha value is -0.550. The number of aromatic nitrogens is 2. The van der Waals surface area contributed by atoms with Gasteiger partial charge in [0.15, 0.2) is 0 Å². The van der Waals surface area contributed by atoms with Gasteiger partial charge in [0.25, 0.3) is 0 Å². The number of alkyl halides is 1. The van der Waals surface area contributed by atoms with Crippen molar-refractivity contribution in [2.75, 3.05) is 12.0 Å². The molecule has 0 saturated heterocycles. The molecule has 0 N–H and O–H groups in total. The van der Waals surface area contributed by atoms with Gasteiger partial charge in [0.2, 0.25) is 0 Å². The van der Waals surface area contributed by atoms with E-state index in [9.17, 15) is 8.42 Å². The van der Waals surface area contributed by atoms with Crippen LogP contribution < -0.4 is 0 Å². The molecule has 0 atom stereocenters. The Morgan fingerprint density at radius 1 is 1.62 bits per heavy atom. The molecule has 0 aliphatic heterocycles. The van der Waals surface area contributed by atoms with Crippen LogP contribution in [-0.2, 0) is 22.3 Å². The van der Waals surface area contributed by atoms with Crippen LogP contribution >= 0.6 is 11.6 Å². The minimum atomic E-state index is -2.91. The normalized spacial score (nSPS) is 11.8. The summed E-state index contributed by atoms with van der Waals surface area (Å²) >= 11 is 5.56. The Kier molecular flexibility index (Phi) is 3.33. The predicted molar refractivity (Wildman–Crippen MR) is 51.5 cm³/mol. The van der Waals surface area contributed by atoms with Crippen molar-refractivity contribution >= 4 is 21.4 Å². The van der Waals surface area contributed by atoms with E-state index in [4.69, 9.17) is 11.6 Å². The molecule has 0 fully saturated rings. The average molecular weight is 223 g/mol. The van der Waals surface area contributed by atoms with Crippen molar-refractivity contribution in [1.29, 1.82) is 0 Å². The summed E-state index contributed by atoms with van der Waals surface area (Å²) in [4.78, 5) is 0. The number of sulfone groups is 1. The van der Waals surface area contributed by atoms with E-state index in [1.807, 2.05) is 0 Å². The smallest absolute Gasteiger partial charge is 0.149 e. The lowest BCUT2D eigenvalue weighted by atomic mass is 10.4. The van der Waals surface area contributed by atoms with Crippen LogP contribution in [-0.4, -0.2) is 30.2 Å². The molecule has 0 spiro atoms. The van der Waals surface area contributed by atoms with Crippen molar-refractivity contribution in [3.8, 4) is 0 Å². The molecule has 0 aromatic carbocycles. The van der Waals surface area contributed by atoms with E-state index < -0.39 is 9.84 Å². The molecule has 0 radical (unpaired) electrons. The molecule has 74 valence electrons. The number of rotatable bonds is 4. The maximum absolute atomic E-state index is 10.8. The highest BCUT2D eigenvalue weighted by atomic mass is 35.5. The SMILES string of the molecule is CS(=O)(=O)CCn1cc(CCl)cn1. The Morgan fingerprint density at radius 3 is 2.77 bits per heavy atom. The lowest BCUT2D eigenvalue weighted by Crippen LogP contribution is -2.11. The third-order valence-electron chi connectivity index (χ3n) is 1.53. The van der Waals surface area contributed by atoms with E-state index in [1.54, 1.807) is 17.1 Å². The second kappa shape index (κ2) is 4.11. The van der Waals surface area contributed by atoms with Crippen LogP contribution in [0.2, 0.25) is 0 Å². The Morgan fingerprint density at radius 2 is 2.31 bits per heavy atom. The first-order chi connectivity index (χ1) is 6.01. The number of hydrogen-bond donors (Lipinski definition) is 0. The second-order valence-electron chi connectivity index (χ2n) is 2.88. The van der Waals surface area contributed by atoms with Crippen LogP contribution in [0.1, 0.15) is 5.56 Å². The summed E-state index contributed by atoms with van der Waals surface area (Å²) in [5.74, 6) is 0.509. The minimum Gasteiger partial charge on any atom is -0.271 e. The van der Waals surface area contributed by atoms with E-state index in [1.165, 1.54) is 6.26 Å². The zero-order valence-corrected chi connectivity index (χ0v) is 8.85. The summed E-state index contributed by atoms with van der Waals surface area (Å²) in [6.07, 6.45) is 4.59. The molecule has 1 aromatic heterocycles. The number of hydrogen-bond acceptors (Lipinski definition) is 3. The van der Waals surface area contributed by atoms with Crippen LogP contribution in [0.5, 0.6) is 0 Å². The minimum absolute atomic E-state index is 0.108.